The summed E-state index contributed by atoms with van der Waals surface area (Å²) in [6, 6.07) is 15.5. The van der Waals surface area contributed by atoms with Gasteiger partial charge in [0.2, 0.25) is 0 Å². The van der Waals surface area contributed by atoms with Crippen molar-refractivity contribution in [1.29, 1.82) is 0 Å². The Bertz CT molecular complexity index is 774. The maximum atomic E-state index is 6.12. The van der Waals surface area contributed by atoms with E-state index in [1.165, 1.54) is 17.3 Å². The van der Waals surface area contributed by atoms with Crippen molar-refractivity contribution in [3.05, 3.63) is 70.6 Å². The first kappa shape index (κ1) is 15.9. The number of nitrogens with zero attached hydrogens (tertiary/aromatic N) is 2. The van der Waals surface area contributed by atoms with Crippen LogP contribution in [0.3, 0.4) is 0 Å². The number of aryl methyl sites for hydroxylation is 1. The van der Waals surface area contributed by atoms with Crippen LogP contribution in [0.1, 0.15) is 17.0 Å². The molecular weight excluding hydrogens is 332 g/mol. The molecule has 3 rings (SSSR count). The lowest BCUT2D eigenvalue weighted by molar-refractivity contribution is 0.252. The predicted octanol–water partition coefficient (Wildman–Crippen LogP) is 4.90. The number of ether oxygens (including phenoxy) is 1. The molecule has 2 aromatic carbocycles. The molecule has 4 nitrogen and oxygen atoms in total. The van der Waals surface area contributed by atoms with Gasteiger partial charge < -0.3 is 9.15 Å². The molecule has 6 heteroatoms. The van der Waals surface area contributed by atoms with Crippen LogP contribution < -0.4 is 4.74 Å². The van der Waals surface area contributed by atoms with Gasteiger partial charge in [-0.15, -0.1) is 10.2 Å². The van der Waals surface area contributed by atoms with E-state index in [4.69, 9.17) is 20.8 Å². The number of hydrogen-bond donors (Lipinski definition) is 0. The fraction of sp³-hybridized carbons (Fsp3) is 0.176. The van der Waals surface area contributed by atoms with Gasteiger partial charge >= 0.3 is 0 Å². The number of aromatic nitrogens is 2. The summed E-state index contributed by atoms with van der Waals surface area (Å²) in [5.74, 6) is 1.91. The third kappa shape index (κ3) is 4.50. The second-order valence-corrected chi connectivity index (χ2v) is 6.28. The Hall–Kier alpha value is -1.98. The van der Waals surface area contributed by atoms with Gasteiger partial charge in [-0.3, -0.25) is 0 Å². The first-order chi connectivity index (χ1) is 11.2. The maximum absolute atomic E-state index is 6.12. The van der Waals surface area contributed by atoms with Gasteiger partial charge in [-0.05, 0) is 30.7 Å². The lowest BCUT2D eigenvalue weighted by Crippen LogP contribution is -1.95. The molecule has 3 aromatic rings. The van der Waals surface area contributed by atoms with Crippen LogP contribution >= 0.6 is 23.4 Å². The molecule has 0 bridgehead atoms. The summed E-state index contributed by atoms with van der Waals surface area (Å²) in [6.07, 6.45) is 0. The van der Waals surface area contributed by atoms with Crippen molar-refractivity contribution < 1.29 is 9.15 Å². The minimum atomic E-state index is 0.253. The molecule has 23 heavy (non-hydrogen) atoms. The molecule has 0 amide bonds. The van der Waals surface area contributed by atoms with Crippen LogP contribution in [0.25, 0.3) is 0 Å². The van der Waals surface area contributed by atoms with Crippen LogP contribution in [0.15, 0.2) is 58.2 Å². The van der Waals surface area contributed by atoms with Gasteiger partial charge in [0.1, 0.15) is 5.75 Å². The van der Waals surface area contributed by atoms with E-state index in [2.05, 4.69) is 10.2 Å². The molecule has 0 fully saturated rings. The smallest absolute Gasteiger partial charge is 0.277 e. The van der Waals surface area contributed by atoms with Crippen LogP contribution in [-0.2, 0) is 12.4 Å². The summed E-state index contributed by atoms with van der Waals surface area (Å²) in [6.45, 7) is 2.28. The van der Waals surface area contributed by atoms with E-state index in [1.807, 2.05) is 55.5 Å². The molecule has 0 unspecified atom stereocenters. The maximum Gasteiger partial charge on any atom is 0.277 e. The minimum Gasteiger partial charge on any atom is -0.484 e. The average Bonchev–Trinajstić information content (AvgIpc) is 3.02. The number of thioether (sulfide) groups is 1. The van der Waals surface area contributed by atoms with E-state index in [1.54, 1.807) is 0 Å². The quantitative estimate of drug-likeness (QED) is 0.594. The topological polar surface area (TPSA) is 48.2 Å². The number of hydrogen-bond acceptors (Lipinski definition) is 5. The van der Waals surface area contributed by atoms with E-state index >= 15 is 0 Å². The molecule has 1 aromatic heterocycles. The van der Waals surface area contributed by atoms with Crippen molar-refractivity contribution in [3.63, 3.8) is 0 Å². The molecule has 1 heterocycles. The third-order valence-electron chi connectivity index (χ3n) is 3.14. The first-order valence-electron chi connectivity index (χ1n) is 7.09. The normalized spacial score (nSPS) is 10.7. The van der Waals surface area contributed by atoms with E-state index in [-0.39, 0.29) is 6.61 Å². The first-order valence-corrected chi connectivity index (χ1v) is 8.45. The van der Waals surface area contributed by atoms with Crippen LogP contribution in [0.4, 0.5) is 0 Å². The zero-order valence-corrected chi connectivity index (χ0v) is 14.1. The molecule has 0 radical (unpaired) electrons. The van der Waals surface area contributed by atoms with Crippen molar-refractivity contribution in [1.82, 2.24) is 10.2 Å². The van der Waals surface area contributed by atoms with Gasteiger partial charge in [0.25, 0.3) is 11.1 Å². The highest BCUT2D eigenvalue weighted by atomic mass is 35.5. The fourth-order valence-corrected chi connectivity index (χ4v) is 2.96. The summed E-state index contributed by atoms with van der Waals surface area (Å²) in [5, 5.41) is 9.24. The van der Waals surface area contributed by atoms with Gasteiger partial charge in [-0.1, -0.05) is 59.3 Å². The minimum absolute atomic E-state index is 0.253. The number of rotatable bonds is 6. The molecule has 0 atom stereocenters. The molecule has 0 spiro atoms. The number of halogens is 1. The third-order valence-corrected chi connectivity index (χ3v) is 4.38. The summed E-state index contributed by atoms with van der Waals surface area (Å²) in [5.41, 5.74) is 2.23. The highest BCUT2D eigenvalue weighted by molar-refractivity contribution is 7.98. The van der Waals surface area contributed by atoms with E-state index < -0.39 is 0 Å². The lowest BCUT2D eigenvalue weighted by atomic mass is 10.2. The second kappa shape index (κ2) is 7.53. The van der Waals surface area contributed by atoms with Crippen molar-refractivity contribution >= 4 is 23.4 Å². The zero-order chi connectivity index (χ0) is 16.1. The molecular formula is C17H15ClN2O2S. The number of benzene rings is 2. The summed E-state index contributed by atoms with van der Waals surface area (Å²) in [7, 11) is 0. The van der Waals surface area contributed by atoms with Crippen molar-refractivity contribution in [2.24, 2.45) is 0 Å². The van der Waals surface area contributed by atoms with Gasteiger partial charge in [0.05, 0.1) is 0 Å². The average molecular weight is 347 g/mol. The fourth-order valence-electron chi connectivity index (χ4n) is 1.89. The predicted molar refractivity (Wildman–Crippen MR) is 90.8 cm³/mol. The van der Waals surface area contributed by atoms with E-state index in [0.29, 0.717) is 16.9 Å². The van der Waals surface area contributed by atoms with Gasteiger partial charge in [-0.25, -0.2) is 0 Å². The van der Waals surface area contributed by atoms with Crippen LogP contribution in [0, 0.1) is 6.92 Å². The van der Waals surface area contributed by atoms with Gasteiger partial charge in [0.15, 0.2) is 6.61 Å². The van der Waals surface area contributed by atoms with E-state index in [9.17, 15) is 0 Å². The Morgan fingerprint density at radius 2 is 1.87 bits per heavy atom. The Morgan fingerprint density at radius 3 is 2.65 bits per heavy atom. The standard InChI is InChI=1S/C17H15ClN2O2S/c1-12-6-8-14(9-7-12)21-10-16-19-20-17(22-16)23-11-13-4-2-3-5-15(13)18/h2-9H,10-11H2,1H3. The SMILES string of the molecule is Cc1ccc(OCc2nnc(SCc3ccccc3Cl)o2)cc1. The molecule has 0 N–H and O–H groups in total. The summed E-state index contributed by atoms with van der Waals surface area (Å²) >= 11 is 7.58. The van der Waals surface area contributed by atoms with Crippen molar-refractivity contribution in [2.75, 3.05) is 0 Å². The van der Waals surface area contributed by atoms with Crippen molar-refractivity contribution in [2.45, 2.75) is 24.5 Å². The van der Waals surface area contributed by atoms with Gasteiger partial charge in [-0.2, -0.15) is 0 Å². The lowest BCUT2D eigenvalue weighted by Gasteiger charge is -2.03. The molecule has 0 saturated heterocycles. The monoisotopic (exact) mass is 346 g/mol. The Labute approximate surface area is 143 Å². The van der Waals surface area contributed by atoms with Crippen molar-refractivity contribution in [3.8, 4) is 5.75 Å². The molecule has 0 saturated carbocycles. The van der Waals surface area contributed by atoms with Crippen LogP contribution in [-0.4, -0.2) is 10.2 Å². The second-order valence-electron chi connectivity index (χ2n) is 4.94. The Balaban J connectivity index is 1.53. The molecule has 0 aliphatic heterocycles. The highest BCUT2D eigenvalue weighted by Crippen LogP contribution is 2.25. The molecule has 118 valence electrons. The Kier molecular flexibility index (Phi) is 5.20. The summed E-state index contributed by atoms with van der Waals surface area (Å²) < 4.78 is 11.2. The highest BCUT2D eigenvalue weighted by Gasteiger charge is 2.09. The van der Waals surface area contributed by atoms with Crippen LogP contribution in [0.5, 0.6) is 5.75 Å². The molecule has 0 aliphatic carbocycles. The van der Waals surface area contributed by atoms with E-state index in [0.717, 1.165) is 16.3 Å². The summed E-state index contributed by atoms with van der Waals surface area (Å²) in [4.78, 5) is 0. The zero-order valence-electron chi connectivity index (χ0n) is 12.5. The van der Waals surface area contributed by atoms with Gasteiger partial charge in [0, 0.05) is 10.8 Å². The Morgan fingerprint density at radius 1 is 1.09 bits per heavy atom. The van der Waals surface area contributed by atoms with Crippen LogP contribution in [0.2, 0.25) is 5.02 Å². The largest absolute Gasteiger partial charge is 0.484 e. The molecule has 0 aliphatic rings.